The lowest BCUT2D eigenvalue weighted by atomic mass is 10.6. The Morgan fingerprint density at radius 1 is 1.15 bits per heavy atom. The van der Waals surface area contributed by atoms with Gasteiger partial charge in [0.1, 0.15) is 6.54 Å². The van der Waals surface area contributed by atoms with Crippen molar-refractivity contribution >= 4 is 96.3 Å². The van der Waals surface area contributed by atoms with E-state index < -0.39 is 5.97 Å². The number of carboxylic acids is 1. The molecule has 1 aromatic rings. The van der Waals surface area contributed by atoms with Crippen molar-refractivity contribution in [3.8, 4) is 0 Å². The number of hydrogen-bond acceptors (Lipinski definition) is 1. The Hall–Kier alpha value is 1.67. The number of aliphatic carboxylic acids is 1. The van der Waals surface area contributed by atoms with Crippen molar-refractivity contribution in [3.63, 3.8) is 0 Å². The standard InChI is InChI=1S/C6H3I4NO2/c7-3-4(8)6(10)11(5(3)9)1-2(12)13/h1H2,(H,12,13). The van der Waals surface area contributed by atoms with Crippen LogP contribution in [0.1, 0.15) is 0 Å². The molecule has 3 nitrogen and oxygen atoms in total. The van der Waals surface area contributed by atoms with E-state index in [1.165, 1.54) is 0 Å². The van der Waals surface area contributed by atoms with Gasteiger partial charge in [-0.3, -0.25) is 4.79 Å². The van der Waals surface area contributed by atoms with E-state index in [-0.39, 0.29) is 6.54 Å². The van der Waals surface area contributed by atoms with Crippen LogP contribution in [0.25, 0.3) is 0 Å². The molecule has 0 aromatic carbocycles. The summed E-state index contributed by atoms with van der Waals surface area (Å²) in [4.78, 5) is 10.6. The predicted molar refractivity (Wildman–Crippen MR) is 82.9 cm³/mol. The van der Waals surface area contributed by atoms with Gasteiger partial charge in [0.25, 0.3) is 0 Å². The lowest BCUT2D eigenvalue weighted by molar-refractivity contribution is -0.137. The molecule has 0 bridgehead atoms. The fraction of sp³-hybridized carbons (Fsp3) is 0.167. The van der Waals surface area contributed by atoms with Crippen LogP contribution in [0.4, 0.5) is 0 Å². The minimum Gasteiger partial charge on any atom is -0.480 e. The maximum Gasteiger partial charge on any atom is 0.323 e. The summed E-state index contributed by atoms with van der Waals surface area (Å²) in [6.07, 6.45) is 0. The van der Waals surface area contributed by atoms with E-state index in [0.717, 1.165) is 14.5 Å². The first kappa shape index (κ1) is 12.7. The molecular weight excluding hydrogens is 626 g/mol. The van der Waals surface area contributed by atoms with E-state index in [9.17, 15) is 4.79 Å². The average molecular weight is 629 g/mol. The summed E-state index contributed by atoms with van der Waals surface area (Å²) < 4.78 is 6.05. The van der Waals surface area contributed by atoms with E-state index in [1.807, 2.05) is 0 Å². The zero-order chi connectivity index (χ0) is 10.2. The molecule has 0 aliphatic heterocycles. The SMILES string of the molecule is O=C(O)Cn1c(I)c(I)c(I)c1I. The second-order valence-electron chi connectivity index (χ2n) is 2.19. The van der Waals surface area contributed by atoms with E-state index in [2.05, 4.69) is 90.4 Å². The van der Waals surface area contributed by atoms with Crippen LogP contribution in [0, 0.1) is 14.5 Å². The molecular formula is C6H3I4NO2. The molecule has 72 valence electrons. The Labute approximate surface area is 130 Å². The molecule has 0 saturated carbocycles. The third-order valence-corrected chi connectivity index (χ3v) is 8.76. The molecule has 0 atom stereocenters. The summed E-state index contributed by atoms with van der Waals surface area (Å²) in [5.74, 6) is -0.807. The van der Waals surface area contributed by atoms with Crippen molar-refractivity contribution in [2.24, 2.45) is 0 Å². The second kappa shape index (κ2) is 5.14. The van der Waals surface area contributed by atoms with Crippen LogP contribution >= 0.6 is 90.4 Å². The van der Waals surface area contributed by atoms with Gasteiger partial charge in [-0.25, -0.2) is 0 Å². The van der Waals surface area contributed by atoms with Crippen molar-refractivity contribution in [1.82, 2.24) is 4.57 Å². The van der Waals surface area contributed by atoms with Crippen LogP contribution in [-0.2, 0) is 11.3 Å². The monoisotopic (exact) mass is 629 g/mol. The van der Waals surface area contributed by atoms with Crippen LogP contribution in [0.3, 0.4) is 0 Å². The molecule has 13 heavy (non-hydrogen) atoms. The van der Waals surface area contributed by atoms with E-state index in [4.69, 9.17) is 5.11 Å². The third-order valence-electron chi connectivity index (χ3n) is 1.32. The summed E-state index contributed by atoms with van der Waals surface area (Å²) in [5, 5.41) is 8.68. The Bertz CT molecular complexity index is 335. The first-order valence-corrected chi connectivity index (χ1v) is 7.37. The van der Waals surface area contributed by atoms with E-state index in [1.54, 1.807) is 4.57 Å². The van der Waals surface area contributed by atoms with Crippen LogP contribution in [0.2, 0.25) is 0 Å². The van der Waals surface area contributed by atoms with Crippen molar-refractivity contribution in [1.29, 1.82) is 0 Å². The van der Waals surface area contributed by atoms with Gasteiger partial charge in [0.05, 0.1) is 14.5 Å². The second-order valence-corrected chi connectivity index (χ2v) is 6.39. The number of rotatable bonds is 2. The van der Waals surface area contributed by atoms with Crippen LogP contribution in [-0.4, -0.2) is 15.6 Å². The van der Waals surface area contributed by atoms with Gasteiger partial charge in [-0.05, 0) is 90.4 Å². The largest absolute Gasteiger partial charge is 0.480 e. The maximum absolute atomic E-state index is 10.6. The van der Waals surface area contributed by atoms with Crippen molar-refractivity contribution in [2.45, 2.75) is 6.54 Å². The molecule has 0 fully saturated rings. The van der Waals surface area contributed by atoms with Gasteiger partial charge in [0.15, 0.2) is 0 Å². The van der Waals surface area contributed by atoms with Gasteiger partial charge < -0.3 is 9.67 Å². The van der Waals surface area contributed by atoms with Crippen LogP contribution in [0.15, 0.2) is 0 Å². The van der Waals surface area contributed by atoms with E-state index in [0.29, 0.717) is 0 Å². The van der Waals surface area contributed by atoms with Crippen LogP contribution in [0.5, 0.6) is 0 Å². The van der Waals surface area contributed by atoms with Gasteiger partial charge in [-0.2, -0.15) is 0 Å². The van der Waals surface area contributed by atoms with E-state index >= 15 is 0 Å². The molecule has 0 radical (unpaired) electrons. The molecule has 0 aliphatic carbocycles. The van der Waals surface area contributed by atoms with Crippen molar-refractivity contribution in [2.75, 3.05) is 0 Å². The Kier molecular flexibility index (Phi) is 5.03. The Morgan fingerprint density at radius 3 is 1.85 bits per heavy atom. The molecule has 1 heterocycles. The highest BCUT2D eigenvalue weighted by Crippen LogP contribution is 2.28. The maximum atomic E-state index is 10.6. The highest BCUT2D eigenvalue weighted by atomic mass is 127. The quantitative estimate of drug-likeness (QED) is 0.513. The molecule has 0 spiro atoms. The number of hydrogen-bond donors (Lipinski definition) is 1. The number of carbonyl (C=O) groups is 1. The molecule has 7 heteroatoms. The lowest BCUT2D eigenvalue weighted by Crippen LogP contribution is -2.11. The van der Waals surface area contributed by atoms with Crippen molar-refractivity contribution in [3.05, 3.63) is 14.5 Å². The van der Waals surface area contributed by atoms with Crippen LogP contribution < -0.4 is 0 Å². The average Bonchev–Trinajstić information content (AvgIpc) is 2.22. The summed E-state index contributed by atoms with van der Waals surface area (Å²) in [6.45, 7) is 0.0373. The Morgan fingerprint density at radius 2 is 1.54 bits per heavy atom. The summed E-state index contributed by atoms with van der Waals surface area (Å²) in [5.41, 5.74) is 0. The Balaban J connectivity index is 3.21. The van der Waals surface area contributed by atoms with Gasteiger partial charge in [-0.1, -0.05) is 0 Å². The first-order chi connectivity index (χ1) is 5.95. The zero-order valence-electron chi connectivity index (χ0n) is 6.02. The summed E-state index contributed by atoms with van der Waals surface area (Å²) in [6, 6.07) is 0. The number of carboxylic acid groups (broad SMARTS) is 1. The fourth-order valence-electron chi connectivity index (χ4n) is 0.778. The third kappa shape index (κ3) is 2.83. The molecule has 0 amide bonds. The molecule has 0 saturated heterocycles. The minimum absolute atomic E-state index is 0.0373. The highest BCUT2D eigenvalue weighted by molar-refractivity contribution is 14.1. The molecule has 0 unspecified atom stereocenters. The normalized spacial score (nSPS) is 10.5. The lowest BCUT2D eigenvalue weighted by Gasteiger charge is -2.02. The first-order valence-electron chi connectivity index (χ1n) is 3.05. The van der Waals surface area contributed by atoms with Crippen molar-refractivity contribution < 1.29 is 9.90 Å². The topological polar surface area (TPSA) is 42.2 Å². The highest BCUT2D eigenvalue weighted by Gasteiger charge is 2.17. The smallest absolute Gasteiger partial charge is 0.323 e. The molecule has 1 aromatic heterocycles. The summed E-state index contributed by atoms with van der Waals surface area (Å²) >= 11 is 8.79. The fourth-order valence-corrected chi connectivity index (χ4v) is 4.73. The van der Waals surface area contributed by atoms with Gasteiger partial charge >= 0.3 is 5.97 Å². The molecule has 1 N–H and O–H groups in total. The number of halogens is 4. The molecule has 1 rings (SSSR count). The zero-order valence-corrected chi connectivity index (χ0v) is 14.7. The predicted octanol–water partition coefficient (Wildman–Crippen LogP) is 2.99. The van der Waals surface area contributed by atoms with Gasteiger partial charge in [0, 0.05) is 0 Å². The number of aromatic nitrogens is 1. The summed E-state index contributed by atoms with van der Waals surface area (Å²) in [7, 11) is 0. The minimum atomic E-state index is -0.807. The van der Waals surface area contributed by atoms with Gasteiger partial charge in [-0.15, -0.1) is 0 Å². The van der Waals surface area contributed by atoms with Gasteiger partial charge in [0.2, 0.25) is 0 Å². The molecule has 0 aliphatic rings. The number of nitrogens with zero attached hydrogens (tertiary/aromatic N) is 1.